The topological polar surface area (TPSA) is 67.9 Å². The number of benzene rings is 1. The summed E-state index contributed by atoms with van der Waals surface area (Å²) in [5.74, 6) is 0.673. The minimum absolute atomic E-state index is 0.0431. The van der Waals surface area contributed by atoms with E-state index in [2.05, 4.69) is 4.98 Å². The minimum Gasteiger partial charge on any atom is -0.492 e. The number of fused-ring (bicyclic) bond motifs is 1. The second-order valence-corrected chi connectivity index (χ2v) is 5.28. The highest BCUT2D eigenvalue weighted by molar-refractivity contribution is 7.17. The number of nitriles is 1. The van der Waals surface area contributed by atoms with Gasteiger partial charge < -0.3 is 4.74 Å². The van der Waals surface area contributed by atoms with E-state index in [1.165, 1.54) is 11.3 Å². The van der Waals surface area contributed by atoms with Crippen LogP contribution < -0.4 is 10.3 Å². The first kappa shape index (κ1) is 13.3. The average molecular weight is 297 g/mol. The quantitative estimate of drug-likeness (QED) is 0.741. The average Bonchev–Trinajstić information content (AvgIpc) is 3.00. The fourth-order valence-corrected chi connectivity index (χ4v) is 2.72. The number of thiophene rings is 1. The molecule has 0 bridgehead atoms. The van der Waals surface area contributed by atoms with Crippen LogP contribution >= 0.6 is 11.3 Å². The van der Waals surface area contributed by atoms with Crippen LogP contribution in [-0.4, -0.2) is 16.2 Å². The second kappa shape index (κ2) is 5.77. The molecule has 0 aliphatic heterocycles. The molecule has 0 unspecified atom stereocenters. The molecule has 0 aliphatic rings. The molecule has 21 heavy (non-hydrogen) atoms. The van der Waals surface area contributed by atoms with Crippen molar-refractivity contribution in [2.45, 2.75) is 6.54 Å². The Kier molecular flexibility index (Phi) is 3.67. The summed E-state index contributed by atoms with van der Waals surface area (Å²) in [5.41, 5.74) is 1.28. The Morgan fingerprint density at radius 2 is 2.10 bits per heavy atom. The van der Waals surface area contributed by atoms with Crippen LogP contribution in [0.4, 0.5) is 0 Å². The zero-order chi connectivity index (χ0) is 14.7. The van der Waals surface area contributed by atoms with Crippen LogP contribution in [0.1, 0.15) is 5.56 Å². The minimum atomic E-state index is -0.0431. The smallest absolute Gasteiger partial charge is 0.271 e. The lowest BCUT2D eigenvalue weighted by Gasteiger charge is -2.07. The molecule has 3 rings (SSSR count). The first-order valence-corrected chi connectivity index (χ1v) is 7.21. The first-order valence-electron chi connectivity index (χ1n) is 6.33. The first-order chi connectivity index (χ1) is 10.3. The summed E-state index contributed by atoms with van der Waals surface area (Å²) in [6, 6.07) is 10.7. The highest BCUT2D eigenvalue weighted by atomic mass is 32.1. The second-order valence-electron chi connectivity index (χ2n) is 4.36. The molecule has 0 aliphatic carbocycles. The van der Waals surface area contributed by atoms with Crippen LogP contribution in [0.25, 0.3) is 10.2 Å². The van der Waals surface area contributed by atoms with Crippen LogP contribution in [0.5, 0.6) is 5.75 Å². The number of rotatable bonds is 4. The third kappa shape index (κ3) is 2.78. The third-order valence-electron chi connectivity index (χ3n) is 3.02. The number of nitrogens with zero attached hydrogens (tertiary/aromatic N) is 3. The Balaban J connectivity index is 1.67. The predicted molar refractivity (Wildman–Crippen MR) is 80.5 cm³/mol. The van der Waals surface area contributed by atoms with Crippen molar-refractivity contribution in [3.05, 3.63) is 58.0 Å². The largest absolute Gasteiger partial charge is 0.492 e. The van der Waals surface area contributed by atoms with E-state index in [1.807, 2.05) is 17.5 Å². The van der Waals surface area contributed by atoms with Gasteiger partial charge in [0, 0.05) is 0 Å². The van der Waals surface area contributed by atoms with Crippen molar-refractivity contribution in [3.8, 4) is 11.8 Å². The van der Waals surface area contributed by atoms with E-state index < -0.39 is 0 Å². The Hall–Kier alpha value is -2.65. The van der Waals surface area contributed by atoms with E-state index in [4.69, 9.17) is 10.00 Å². The van der Waals surface area contributed by atoms with E-state index in [0.717, 1.165) is 5.52 Å². The van der Waals surface area contributed by atoms with E-state index in [-0.39, 0.29) is 5.56 Å². The highest BCUT2D eigenvalue weighted by Crippen LogP contribution is 2.13. The molecule has 0 radical (unpaired) electrons. The van der Waals surface area contributed by atoms with Gasteiger partial charge in [0.25, 0.3) is 5.56 Å². The Labute approximate surface area is 124 Å². The lowest BCUT2D eigenvalue weighted by molar-refractivity contribution is 0.296. The van der Waals surface area contributed by atoms with Gasteiger partial charge in [-0.05, 0) is 35.7 Å². The van der Waals surface area contributed by atoms with Crippen molar-refractivity contribution in [3.63, 3.8) is 0 Å². The van der Waals surface area contributed by atoms with Gasteiger partial charge in [0.2, 0.25) is 0 Å². The molecule has 104 valence electrons. The van der Waals surface area contributed by atoms with Gasteiger partial charge >= 0.3 is 0 Å². The van der Waals surface area contributed by atoms with E-state index in [0.29, 0.717) is 29.2 Å². The van der Waals surface area contributed by atoms with Gasteiger partial charge in [0.1, 0.15) is 17.1 Å². The number of hydrogen-bond donors (Lipinski definition) is 0. The van der Waals surface area contributed by atoms with Gasteiger partial charge in [-0.2, -0.15) is 5.26 Å². The molecule has 0 amide bonds. The zero-order valence-electron chi connectivity index (χ0n) is 11.0. The summed E-state index contributed by atoms with van der Waals surface area (Å²) < 4.78 is 7.77. The summed E-state index contributed by atoms with van der Waals surface area (Å²) in [6.45, 7) is 0.796. The fraction of sp³-hybridized carbons (Fsp3) is 0.133. The van der Waals surface area contributed by atoms with Gasteiger partial charge in [-0.15, -0.1) is 11.3 Å². The Bertz CT molecular complexity index is 859. The molecule has 0 fully saturated rings. The van der Waals surface area contributed by atoms with Crippen LogP contribution in [0.3, 0.4) is 0 Å². The Morgan fingerprint density at radius 3 is 2.86 bits per heavy atom. The molecule has 5 nitrogen and oxygen atoms in total. The third-order valence-corrected chi connectivity index (χ3v) is 3.91. The van der Waals surface area contributed by atoms with Crippen LogP contribution in [0.2, 0.25) is 0 Å². The van der Waals surface area contributed by atoms with Gasteiger partial charge in [-0.3, -0.25) is 9.36 Å². The maximum absolute atomic E-state index is 12.2. The molecule has 3 aromatic rings. The number of hydrogen-bond acceptors (Lipinski definition) is 5. The molecule has 1 aromatic carbocycles. The summed E-state index contributed by atoms with van der Waals surface area (Å²) in [6.07, 6.45) is 1.54. The lowest BCUT2D eigenvalue weighted by Crippen LogP contribution is -2.22. The molecule has 0 spiro atoms. The maximum atomic E-state index is 12.2. The molecule has 2 aromatic heterocycles. The molecule has 0 saturated carbocycles. The lowest BCUT2D eigenvalue weighted by atomic mass is 10.2. The molecule has 0 N–H and O–H groups in total. The van der Waals surface area contributed by atoms with Crippen molar-refractivity contribution in [2.75, 3.05) is 6.61 Å². The van der Waals surface area contributed by atoms with Crippen molar-refractivity contribution < 1.29 is 4.74 Å². The van der Waals surface area contributed by atoms with Crippen LogP contribution in [0, 0.1) is 11.3 Å². The molecular formula is C15H11N3O2S. The molecular weight excluding hydrogens is 286 g/mol. The fourth-order valence-electron chi connectivity index (χ4n) is 1.93. The predicted octanol–water partition coefficient (Wildman–Crippen LogP) is 2.41. The summed E-state index contributed by atoms with van der Waals surface area (Å²) >= 11 is 1.39. The standard InChI is InChI=1S/C15H11N3O2S/c16-9-11-1-3-12(4-2-11)20-7-6-18-10-17-13-5-8-21-14(13)15(18)19/h1-5,8,10H,6-7H2. The van der Waals surface area contributed by atoms with Gasteiger partial charge in [0.15, 0.2) is 0 Å². The molecule has 2 heterocycles. The number of ether oxygens (including phenoxy) is 1. The van der Waals surface area contributed by atoms with E-state index >= 15 is 0 Å². The zero-order valence-corrected chi connectivity index (χ0v) is 11.8. The monoisotopic (exact) mass is 297 g/mol. The van der Waals surface area contributed by atoms with Crippen LogP contribution in [0.15, 0.2) is 46.8 Å². The molecule has 6 heteroatoms. The normalized spacial score (nSPS) is 10.4. The SMILES string of the molecule is N#Cc1ccc(OCCn2cnc3ccsc3c2=O)cc1. The van der Waals surface area contributed by atoms with Crippen molar-refractivity contribution in [1.29, 1.82) is 5.26 Å². The van der Waals surface area contributed by atoms with Gasteiger partial charge in [-0.25, -0.2) is 4.98 Å². The van der Waals surface area contributed by atoms with E-state index in [1.54, 1.807) is 35.2 Å². The van der Waals surface area contributed by atoms with Gasteiger partial charge in [0.05, 0.1) is 30.0 Å². The van der Waals surface area contributed by atoms with Crippen molar-refractivity contribution in [1.82, 2.24) is 9.55 Å². The summed E-state index contributed by atoms with van der Waals surface area (Å²) in [4.78, 5) is 16.4. The van der Waals surface area contributed by atoms with Gasteiger partial charge in [-0.1, -0.05) is 0 Å². The van der Waals surface area contributed by atoms with Crippen molar-refractivity contribution in [2.24, 2.45) is 0 Å². The van der Waals surface area contributed by atoms with Crippen LogP contribution in [-0.2, 0) is 6.54 Å². The molecule has 0 atom stereocenters. The van der Waals surface area contributed by atoms with E-state index in [9.17, 15) is 4.79 Å². The maximum Gasteiger partial charge on any atom is 0.271 e. The molecule has 0 saturated heterocycles. The highest BCUT2D eigenvalue weighted by Gasteiger charge is 2.05. The Morgan fingerprint density at radius 1 is 1.29 bits per heavy atom. The summed E-state index contributed by atoms with van der Waals surface area (Å²) in [7, 11) is 0. The van der Waals surface area contributed by atoms with Crippen molar-refractivity contribution >= 4 is 21.6 Å². The number of aromatic nitrogens is 2. The summed E-state index contributed by atoms with van der Waals surface area (Å²) in [5, 5.41) is 10.6.